The molecule has 3 heterocycles. The zero-order chi connectivity index (χ0) is 34.7. The summed E-state index contributed by atoms with van der Waals surface area (Å²) in [6.45, 7) is 4.50. The van der Waals surface area contributed by atoms with Crippen LogP contribution in [0.25, 0.3) is 0 Å². The fourth-order valence-corrected chi connectivity index (χ4v) is 3.73. The molecule has 0 saturated carbocycles. The molecule has 0 spiro atoms. The first-order valence-corrected chi connectivity index (χ1v) is 12.9. The topological polar surface area (TPSA) is 206 Å². The Hall–Kier alpha value is -4.68. The number of nitrogens with two attached hydrogens (primary N) is 1. The molecule has 1 saturated heterocycles. The first kappa shape index (κ1) is 38.3. The number of hydrogen-bond donors (Lipinski definition) is 6. The summed E-state index contributed by atoms with van der Waals surface area (Å²) in [5.74, 6) is -5.28. The Morgan fingerprint density at radius 3 is 2.13 bits per heavy atom. The van der Waals surface area contributed by atoms with Crippen LogP contribution in [-0.4, -0.2) is 74.5 Å². The van der Waals surface area contributed by atoms with Crippen molar-refractivity contribution in [3.05, 3.63) is 57.6 Å². The van der Waals surface area contributed by atoms with Gasteiger partial charge in [-0.25, -0.2) is 14.6 Å². The molecule has 1 fully saturated rings. The van der Waals surface area contributed by atoms with Gasteiger partial charge in [-0.1, -0.05) is 6.07 Å². The predicted molar refractivity (Wildman–Crippen MR) is 146 cm³/mol. The molecule has 1 aliphatic rings. The van der Waals surface area contributed by atoms with Crippen LogP contribution in [0, 0.1) is 12.8 Å². The molecule has 13 nitrogen and oxygen atoms in total. The number of nitrogens with zero attached hydrogens (tertiary/aromatic N) is 2. The summed E-state index contributed by atoms with van der Waals surface area (Å²) in [6, 6.07) is 6.07. The van der Waals surface area contributed by atoms with Gasteiger partial charge < -0.3 is 36.5 Å². The molecule has 0 radical (unpaired) electrons. The van der Waals surface area contributed by atoms with Crippen molar-refractivity contribution in [1.82, 2.24) is 25.5 Å². The van der Waals surface area contributed by atoms with E-state index in [4.69, 9.17) is 25.5 Å². The monoisotopic (exact) mass is 654 g/mol. The first-order chi connectivity index (χ1) is 20.6. The number of alkyl halides is 6. The number of carboxylic acids is 2. The minimum absolute atomic E-state index is 0.0393. The maximum absolute atomic E-state index is 12.6. The lowest BCUT2D eigenvalue weighted by molar-refractivity contribution is -0.193. The molecule has 0 aromatic carbocycles. The number of anilines is 1. The maximum atomic E-state index is 12.6. The zero-order valence-corrected chi connectivity index (χ0v) is 24.1. The maximum Gasteiger partial charge on any atom is 0.490 e. The van der Waals surface area contributed by atoms with Crippen molar-refractivity contribution >= 4 is 29.6 Å². The molecule has 0 unspecified atom stereocenters. The number of halogens is 6. The fourth-order valence-electron chi connectivity index (χ4n) is 3.73. The molecule has 250 valence electrons. The van der Waals surface area contributed by atoms with Crippen molar-refractivity contribution in [3.8, 4) is 0 Å². The number of rotatable bonds is 7. The summed E-state index contributed by atoms with van der Waals surface area (Å²) in [4.78, 5) is 58.7. The quantitative estimate of drug-likeness (QED) is 0.236. The van der Waals surface area contributed by atoms with Crippen molar-refractivity contribution in [2.45, 2.75) is 57.7 Å². The van der Waals surface area contributed by atoms with Gasteiger partial charge in [-0.3, -0.25) is 14.4 Å². The second-order valence-electron chi connectivity index (χ2n) is 9.79. The van der Waals surface area contributed by atoms with Gasteiger partial charge in [0, 0.05) is 31.5 Å². The fraction of sp³-hybridized carbons (Fsp3) is 0.462. The number of aryl methyl sites for hydroxylation is 2. The van der Waals surface area contributed by atoms with Crippen LogP contribution in [0.2, 0.25) is 0 Å². The van der Waals surface area contributed by atoms with Crippen LogP contribution >= 0.6 is 0 Å². The smallest absolute Gasteiger partial charge is 0.475 e. The van der Waals surface area contributed by atoms with E-state index in [1.165, 1.54) is 4.57 Å². The number of carbonyl (C=O) groups is 4. The van der Waals surface area contributed by atoms with Crippen molar-refractivity contribution in [2.24, 2.45) is 13.0 Å². The minimum atomic E-state index is -5.08. The number of carboxylic acid groups (broad SMARTS) is 2. The Morgan fingerprint density at radius 2 is 1.64 bits per heavy atom. The standard InChI is InChI=1S/C22H30N6O3.2C2HF3O2/c1-13-17(4-5-19(23)26-13)12-25-21(30)14(2)27-22(31)18-9-16(11-24-18)8-15-6-7-28(3)20(29)10-15;2*3-2(4,5)1(6)7/h4-7,10,14,16,18,24H,8-9,11-12H2,1-3H3,(H2,23,26)(H,25,30)(H,27,31);2*(H,6,7)/t14-,16-,18+;;/m0../s1. The highest BCUT2D eigenvalue weighted by Crippen LogP contribution is 2.19. The van der Waals surface area contributed by atoms with Gasteiger partial charge >= 0.3 is 24.3 Å². The third-order valence-electron chi connectivity index (χ3n) is 6.14. The second kappa shape index (κ2) is 16.4. The van der Waals surface area contributed by atoms with E-state index in [0.29, 0.717) is 25.3 Å². The van der Waals surface area contributed by atoms with E-state index in [1.807, 2.05) is 19.1 Å². The van der Waals surface area contributed by atoms with Gasteiger partial charge in [0.1, 0.15) is 11.9 Å². The van der Waals surface area contributed by atoms with E-state index >= 15 is 0 Å². The molecular formula is C26H32F6N6O7. The third-order valence-corrected chi connectivity index (χ3v) is 6.14. The van der Waals surface area contributed by atoms with E-state index in [-0.39, 0.29) is 29.3 Å². The van der Waals surface area contributed by atoms with Crippen molar-refractivity contribution in [2.75, 3.05) is 12.3 Å². The number of aromatic nitrogens is 2. The highest BCUT2D eigenvalue weighted by Gasteiger charge is 2.39. The molecule has 2 aromatic heterocycles. The lowest BCUT2D eigenvalue weighted by atomic mass is 9.97. The molecule has 1 aliphatic heterocycles. The highest BCUT2D eigenvalue weighted by atomic mass is 19.4. The van der Waals surface area contributed by atoms with E-state index in [2.05, 4.69) is 20.9 Å². The van der Waals surface area contributed by atoms with Crippen LogP contribution in [0.3, 0.4) is 0 Å². The minimum Gasteiger partial charge on any atom is -0.475 e. The average Bonchev–Trinajstić information content (AvgIpc) is 3.38. The van der Waals surface area contributed by atoms with Gasteiger partial charge in [0.15, 0.2) is 0 Å². The number of pyridine rings is 2. The Kier molecular flexibility index (Phi) is 14.0. The lowest BCUT2D eigenvalue weighted by Gasteiger charge is -2.17. The largest absolute Gasteiger partial charge is 0.490 e. The van der Waals surface area contributed by atoms with Crippen LogP contribution in [0.15, 0.2) is 35.3 Å². The van der Waals surface area contributed by atoms with Crippen molar-refractivity contribution in [1.29, 1.82) is 0 Å². The first-order valence-electron chi connectivity index (χ1n) is 12.9. The molecular weight excluding hydrogens is 622 g/mol. The summed E-state index contributed by atoms with van der Waals surface area (Å²) < 4.78 is 65.0. The summed E-state index contributed by atoms with van der Waals surface area (Å²) >= 11 is 0. The van der Waals surface area contributed by atoms with Crippen LogP contribution < -0.4 is 27.2 Å². The molecule has 0 bridgehead atoms. The molecule has 3 atom stereocenters. The molecule has 45 heavy (non-hydrogen) atoms. The lowest BCUT2D eigenvalue weighted by Crippen LogP contribution is -2.50. The SMILES string of the molecule is Cc1nc(N)ccc1CNC(=O)[C@H](C)NC(=O)[C@H]1C[C@H](Cc2ccn(C)c(=O)c2)CN1.O=C(O)C(F)(F)F.O=C(O)C(F)(F)F. The molecule has 2 amide bonds. The predicted octanol–water partition coefficient (Wildman–Crippen LogP) is 1.28. The number of nitrogen functional groups attached to an aromatic ring is 1. The Morgan fingerprint density at radius 1 is 1.09 bits per heavy atom. The molecule has 3 rings (SSSR count). The third kappa shape index (κ3) is 13.7. The molecule has 0 aliphatic carbocycles. The highest BCUT2D eigenvalue weighted by molar-refractivity contribution is 5.89. The Balaban J connectivity index is 0.000000601. The second-order valence-corrected chi connectivity index (χ2v) is 9.79. The summed E-state index contributed by atoms with van der Waals surface area (Å²) in [7, 11) is 1.72. The Labute approximate surface area is 251 Å². The van der Waals surface area contributed by atoms with Crippen LogP contribution in [0.4, 0.5) is 32.2 Å². The van der Waals surface area contributed by atoms with E-state index in [0.717, 1.165) is 23.2 Å². The van der Waals surface area contributed by atoms with Gasteiger partial charge in [0.25, 0.3) is 5.56 Å². The molecule has 2 aromatic rings. The van der Waals surface area contributed by atoms with Gasteiger partial charge in [-0.05, 0) is 62.4 Å². The van der Waals surface area contributed by atoms with Crippen LogP contribution in [0.1, 0.15) is 30.2 Å². The Bertz CT molecular complexity index is 1390. The van der Waals surface area contributed by atoms with Crippen molar-refractivity contribution in [3.63, 3.8) is 0 Å². The number of amides is 2. The van der Waals surface area contributed by atoms with Gasteiger partial charge in [-0.2, -0.15) is 26.3 Å². The van der Waals surface area contributed by atoms with Crippen LogP contribution in [0.5, 0.6) is 0 Å². The molecule has 19 heteroatoms. The van der Waals surface area contributed by atoms with E-state index in [1.54, 1.807) is 32.3 Å². The van der Waals surface area contributed by atoms with Gasteiger partial charge in [0.2, 0.25) is 11.8 Å². The number of carbonyl (C=O) groups excluding carboxylic acids is 2. The van der Waals surface area contributed by atoms with Gasteiger partial charge in [0.05, 0.1) is 6.04 Å². The van der Waals surface area contributed by atoms with Crippen molar-refractivity contribution < 1.29 is 55.7 Å². The summed E-state index contributed by atoms with van der Waals surface area (Å²) in [5, 5.41) is 23.1. The number of hydrogen-bond acceptors (Lipinski definition) is 8. The molecule has 7 N–H and O–H groups in total. The normalized spacial score (nSPS) is 16.6. The number of nitrogens with one attached hydrogen (secondary N) is 3. The average molecular weight is 655 g/mol. The van der Waals surface area contributed by atoms with E-state index < -0.39 is 30.3 Å². The van der Waals surface area contributed by atoms with Gasteiger partial charge in [-0.15, -0.1) is 0 Å². The van der Waals surface area contributed by atoms with E-state index in [9.17, 15) is 40.7 Å². The summed E-state index contributed by atoms with van der Waals surface area (Å²) in [5.41, 5.74) is 8.21. The summed E-state index contributed by atoms with van der Waals surface area (Å²) in [6.07, 6.45) is -7.02. The number of aliphatic carboxylic acids is 2. The van der Waals surface area contributed by atoms with Crippen LogP contribution in [-0.2, 0) is 39.2 Å². The zero-order valence-electron chi connectivity index (χ0n) is 24.1.